The normalized spacial score (nSPS) is 13.6. The van der Waals surface area contributed by atoms with Gasteiger partial charge in [-0.25, -0.2) is 0 Å². The minimum atomic E-state index is -0.429. The van der Waals surface area contributed by atoms with E-state index in [1.807, 2.05) is 45.0 Å². The summed E-state index contributed by atoms with van der Waals surface area (Å²) in [6.45, 7) is 7.21. The van der Waals surface area contributed by atoms with Gasteiger partial charge in [0.1, 0.15) is 5.75 Å². The van der Waals surface area contributed by atoms with E-state index < -0.39 is 6.04 Å². The molecule has 1 aromatic carbocycles. The van der Waals surface area contributed by atoms with Gasteiger partial charge in [-0.15, -0.1) is 0 Å². The lowest BCUT2D eigenvalue weighted by molar-refractivity contribution is -0.123. The fourth-order valence-corrected chi connectivity index (χ4v) is 1.96. The molecule has 0 bridgehead atoms. The van der Waals surface area contributed by atoms with E-state index >= 15 is 0 Å². The number of carbonyl (C=O) groups is 1. The van der Waals surface area contributed by atoms with Crippen LogP contribution in [0.15, 0.2) is 24.3 Å². The number of hydrogen-bond acceptors (Lipinski definition) is 3. The lowest BCUT2D eigenvalue weighted by Gasteiger charge is -2.18. The number of amides is 1. The Hall–Kier alpha value is -1.55. The molecular formula is C16H26N2O2. The molecule has 0 aliphatic rings. The Morgan fingerprint density at radius 3 is 2.70 bits per heavy atom. The van der Waals surface area contributed by atoms with Gasteiger partial charge in [0.25, 0.3) is 0 Å². The van der Waals surface area contributed by atoms with Gasteiger partial charge in [0.2, 0.25) is 5.91 Å². The molecular weight excluding hydrogens is 252 g/mol. The van der Waals surface area contributed by atoms with Crippen molar-refractivity contribution < 1.29 is 9.53 Å². The largest absolute Gasteiger partial charge is 0.494 e. The maximum atomic E-state index is 11.9. The zero-order chi connectivity index (χ0) is 15.0. The standard InChI is InChI=1S/C16H26N2O2/c1-4-12(3)15(17)16(19)18-11-10-13-8-6-7-9-14(13)20-5-2/h6-9,12,15H,4-5,10-11,17H2,1-3H3,(H,18,19). The molecule has 0 fully saturated rings. The summed E-state index contributed by atoms with van der Waals surface area (Å²) in [6, 6.07) is 7.47. The molecule has 0 aliphatic heterocycles. The van der Waals surface area contributed by atoms with Crippen LogP contribution in [0.25, 0.3) is 0 Å². The molecule has 2 unspecified atom stereocenters. The average molecular weight is 278 g/mol. The quantitative estimate of drug-likeness (QED) is 0.765. The summed E-state index contributed by atoms with van der Waals surface area (Å²) < 4.78 is 5.56. The molecule has 2 atom stereocenters. The van der Waals surface area contributed by atoms with Crippen molar-refractivity contribution in [1.29, 1.82) is 0 Å². The van der Waals surface area contributed by atoms with E-state index in [0.29, 0.717) is 13.2 Å². The maximum Gasteiger partial charge on any atom is 0.237 e. The van der Waals surface area contributed by atoms with Gasteiger partial charge in [-0.2, -0.15) is 0 Å². The van der Waals surface area contributed by atoms with E-state index in [1.54, 1.807) is 0 Å². The topological polar surface area (TPSA) is 64.3 Å². The Balaban J connectivity index is 2.46. The Bertz CT molecular complexity index is 421. The molecule has 1 amide bonds. The zero-order valence-electron chi connectivity index (χ0n) is 12.7. The second-order valence-corrected chi connectivity index (χ2v) is 4.99. The number of carbonyl (C=O) groups excluding carboxylic acids is 1. The van der Waals surface area contributed by atoms with E-state index in [4.69, 9.17) is 10.5 Å². The van der Waals surface area contributed by atoms with Crippen molar-refractivity contribution in [1.82, 2.24) is 5.32 Å². The molecule has 4 nitrogen and oxygen atoms in total. The molecule has 0 spiro atoms. The fourth-order valence-electron chi connectivity index (χ4n) is 1.96. The van der Waals surface area contributed by atoms with Crippen LogP contribution >= 0.6 is 0 Å². The first-order valence-electron chi connectivity index (χ1n) is 7.34. The SMILES string of the molecule is CCOc1ccccc1CCNC(=O)C(N)C(C)CC. The molecule has 0 saturated heterocycles. The molecule has 3 N–H and O–H groups in total. The smallest absolute Gasteiger partial charge is 0.237 e. The van der Waals surface area contributed by atoms with E-state index in [-0.39, 0.29) is 11.8 Å². The number of ether oxygens (including phenoxy) is 1. The van der Waals surface area contributed by atoms with Crippen molar-refractivity contribution in [2.75, 3.05) is 13.2 Å². The van der Waals surface area contributed by atoms with Gasteiger partial charge in [-0.1, -0.05) is 38.5 Å². The predicted molar refractivity (Wildman–Crippen MR) is 81.8 cm³/mol. The van der Waals surface area contributed by atoms with Gasteiger partial charge in [0, 0.05) is 6.54 Å². The number of para-hydroxylation sites is 1. The van der Waals surface area contributed by atoms with Crippen LogP contribution in [0.4, 0.5) is 0 Å². The van der Waals surface area contributed by atoms with Gasteiger partial charge in [-0.05, 0) is 30.9 Å². The Morgan fingerprint density at radius 2 is 2.05 bits per heavy atom. The molecule has 4 heteroatoms. The summed E-state index contributed by atoms with van der Waals surface area (Å²) in [5.74, 6) is 1.01. The van der Waals surface area contributed by atoms with E-state index in [2.05, 4.69) is 5.32 Å². The highest BCUT2D eigenvalue weighted by atomic mass is 16.5. The van der Waals surface area contributed by atoms with Crippen molar-refractivity contribution >= 4 is 5.91 Å². The van der Waals surface area contributed by atoms with Crippen molar-refractivity contribution in [3.63, 3.8) is 0 Å². The highest BCUT2D eigenvalue weighted by molar-refractivity contribution is 5.81. The highest BCUT2D eigenvalue weighted by Gasteiger charge is 2.18. The number of hydrogen-bond donors (Lipinski definition) is 2. The summed E-state index contributed by atoms with van der Waals surface area (Å²) >= 11 is 0. The van der Waals surface area contributed by atoms with Crippen LogP contribution in [0.3, 0.4) is 0 Å². The van der Waals surface area contributed by atoms with Crippen LogP contribution in [0.2, 0.25) is 0 Å². The van der Waals surface area contributed by atoms with E-state index in [9.17, 15) is 4.79 Å². The molecule has 0 aromatic heterocycles. The fraction of sp³-hybridized carbons (Fsp3) is 0.562. The summed E-state index contributed by atoms with van der Waals surface area (Å²) in [7, 11) is 0. The molecule has 112 valence electrons. The number of nitrogens with one attached hydrogen (secondary N) is 1. The molecule has 20 heavy (non-hydrogen) atoms. The first kappa shape index (κ1) is 16.5. The first-order valence-corrected chi connectivity index (χ1v) is 7.34. The Kier molecular flexibility index (Phi) is 7.09. The van der Waals surface area contributed by atoms with E-state index in [1.165, 1.54) is 0 Å². The summed E-state index contributed by atoms with van der Waals surface area (Å²) in [5.41, 5.74) is 7.00. The third-order valence-electron chi connectivity index (χ3n) is 3.53. The lowest BCUT2D eigenvalue weighted by Crippen LogP contribution is -2.45. The first-order chi connectivity index (χ1) is 9.60. The molecule has 1 aromatic rings. The molecule has 1 rings (SSSR count). The Labute approximate surface area is 121 Å². The van der Waals surface area contributed by atoms with Crippen molar-refractivity contribution in [3.8, 4) is 5.75 Å². The second-order valence-electron chi connectivity index (χ2n) is 4.99. The third-order valence-corrected chi connectivity index (χ3v) is 3.53. The number of nitrogens with two attached hydrogens (primary N) is 1. The van der Waals surface area contributed by atoms with Crippen LogP contribution in [0, 0.1) is 5.92 Å². The third kappa shape index (κ3) is 4.85. The van der Waals surface area contributed by atoms with Gasteiger partial charge >= 0.3 is 0 Å². The van der Waals surface area contributed by atoms with Crippen molar-refractivity contribution in [3.05, 3.63) is 29.8 Å². The summed E-state index contributed by atoms with van der Waals surface area (Å²) in [4.78, 5) is 11.9. The van der Waals surface area contributed by atoms with Crippen LogP contribution in [0.5, 0.6) is 5.75 Å². The van der Waals surface area contributed by atoms with Crippen LogP contribution in [-0.2, 0) is 11.2 Å². The molecule has 0 heterocycles. The Morgan fingerprint density at radius 1 is 1.35 bits per heavy atom. The van der Waals surface area contributed by atoms with Crippen molar-refractivity contribution in [2.24, 2.45) is 11.7 Å². The van der Waals surface area contributed by atoms with Gasteiger partial charge in [0.05, 0.1) is 12.6 Å². The molecule has 0 aliphatic carbocycles. The summed E-state index contributed by atoms with van der Waals surface area (Å²) in [5, 5.41) is 2.90. The van der Waals surface area contributed by atoms with Gasteiger partial charge in [-0.3, -0.25) is 4.79 Å². The van der Waals surface area contributed by atoms with Gasteiger partial charge < -0.3 is 15.8 Å². The average Bonchev–Trinajstić information content (AvgIpc) is 2.47. The minimum Gasteiger partial charge on any atom is -0.494 e. The molecule has 0 saturated carbocycles. The lowest BCUT2D eigenvalue weighted by atomic mass is 9.99. The van der Waals surface area contributed by atoms with Crippen LogP contribution in [0.1, 0.15) is 32.8 Å². The molecule has 0 radical (unpaired) electrons. The maximum absolute atomic E-state index is 11.9. The second kappa shape index (κ2) is 8.59. The minimum absolute atomic E-state index is 0.0757. The van der Waals surface area contributed by atoms with E-state index in [0.717, 1.165) is 24.2 Å². The van der Waals surface area contributed by atoms with Crippen LogP contribution in [-0.4, -0.2) is 25.1 Å². The predicted octanol–water partition coefficient (Wildman–Crippen LogP) is 2.12. The number of rotatable bonds is 8. The van der Waals surface area contributed by atoms with Gasteiger partial charge in [0.15, 0.2) is 0 Å². The van der Waals surface area contributed by atoms with Crippen molar-refractivity contribution in [2.45, 2.75) is 39.7 Å². The zero-order valence-corrected chi connectivity index (χ0v) is 12.7. The monoisotopic (exact) mass is 278 g/mol. The highest BCUT2D eigenvalue weighted by Crippen LogP contribution is 2.18. The summed E-state index contributed by atoms with van der Waals surface area (Å²) in [6.07, 6.45) is 1.65. The number of benzene rings is 1. The van der Waals surface area contributed by atoms with Crippen LogP contribution < -0.4 is 15.8 Å².